The van der Waals surface area contributed by atoms with Crippen molar-refractivity contribution in [1.82, 2.24) is 4.90 Å². The van der Waals surface area contributed by atoms with E-state index in [9.17, 15) is 14.4 Å². The molecule has 2 rings (SSSR count). The van der Waals surface area contributed by atoms with Gasteiger partial charge in [0.2, 0.25) is 5.91 Å². The maximum absolute atomic E-state index is 12.6. The Balaban J connectivity index is 2.06. The number of anilines is 1. The number of rotatable bonds is 5. The van der Waals surface area contributed by atoms with Gasteiger partial charge in [0.15, 0.2) is 0 Å². The van der Waals surface area contributed by atoms with Crippen LogP contribution in [0, 0.1) is 0 Å². The van der Waals surface area contributed by atoms with Gasteiger partial charge in [-0.3, -0.25) is 9.59 Å². The third-order valence-electron chi connectivity index (χ3n) is 3.72. The lowest BCUT2D eigenvalue weighted by molar-refractivity contribution is -0.137. The number of para-hydroxylation sites is 1. The molecule has 0 aromatic heterocycles. The number of likely N-dealkylation sites (tertiary alicyclic amines) is 1. The second-order valence-corrected chi connectivity index (χ2v) is 5.47. The molecular formula is C18H22N2O4. The van der Waals surface area contributed by atoms with Crippen LogP contribution in [0.25, 0.3) is 0 Å². The van der Waals surface area contributed by atoms with Crippen molar-refractivity contribution in [2.24, 2.45) is 0 Å². The van der Waals surface area contributed by atoms with Gasteiger partial charge < -0.3 is 15.0 Å². The molecule has 1 aromatic rings. The van der Waals surface area contributed by atoms with Crippen LogP contribution < -0.4 is 5.32 Å². The quantitative estimate of drug-likeness (QED) is 0.664. The van der Waals surface area contributed by atoms with E-state index >= 15 is 0 Å². The maximum Gasteiger partial charge on any atom is 0.330 e. The molecule has 0 unspecified atom stereocenters. The van der Waals surface area contributed by atoms with Crippen molar-refractivity contribution < 1.29 is 19.1 Å². The summed E-state index contributed by atoms with van der Waals surface area (Å²) < 4.78 is 4.72. The number of hydrogen-bond donors (Lipinski definition) is 1. The fourth-order valence-corrected chi connectivity index (χ4v) is 2.55. The minimum absolute atomic E-state index is 0.0834. The summed E-state index contributed by atoms with van der Waals surface area (Å²) in [6, 6.07) is 6.88. The van der Waals surface area contributed by atoms with E-state index < -0.39 is 11.9 Å². The number of amides is 2. The predicted octanol–water partition coefficient (Wildman–Crippen LogP) is 2.37. The third kappa shape index (κ3) is 4.94. The SMILES string of the molecule is CCOC(=O)/C=C/C(=O)Nc1ccccc1C(=O)N1CCCCC1. The summed E-state index contributed by atoms with van der Waals surface area (Å²) >= 11 is 0. The average Bonchev–Trinajstić information content (AvgIpc) is 2.61. The normalized spacial score (nSPS) is 14.5. The van der Waals surface area contributed by atoms with Gasteiger partial charge in [-0.15, -0.1) is 0 Å². The number of ether oxygens (including phenoxy) is 1. The Bertz CT molecular complexity index is 634. The van der Waals surface area contributed by atoms with Crippen molar-refractivity contribution in [3.63, 3.8) is 0 Å². The summed E-state index contributed by atoms with van der Waals surface area (Å²) in [7, 11) is 0. The molecule has 0 bridgehead atoms. The summed E-state index contributed by atoms with van der Waals surface area (Å²) in [5, 5.41) is 2.65. The Hall–Kier alpha value is -2.63. The molecule has 0 aliphatic carbocycles. The van der Waals surface area contributed by atoms with Crippen molar-refractivity contribution in [2.75, 3.05) is 25.0 Å². The zero-order valence-corrected chi connectivity index (χ0v) is 13.8. The molecular weight excluding hydrogens is 308 g/mol. The van der Waals surface area contributed by atoms with Crippen molar-refractivity contribution in [2.45, 2.75) is 26.2 Å². The van der Waals surface area contributed by atoms with Gasteiger partial charge in [-0.05, 0) is 38.3 Å². The zero-order chi connectivity index (χ0) is 17.4. The molecule has 2 amide bonds. The largest absolute Gasteiger partial charge is 0.463 e. The van der Waals surface area contributed by atoms with Gasteiger partial charge in [0, 0.05) is 25.2 Å². The summed E-state index contributed by atoms with van der Waals surface area (Å²) in [5.74, 6) is -1.15. The summed E-state index contributed by atoms with van der Waals surface area (Å²) in [6.45, 7) is 3.42. The molecule has 1 aliphatic heterocycles. The predicted molar refractivity (Wildman–Crippen MR) is 90.6 cm³/mol. The highest BCUT2D eigenvalue weighted by atomic mass is 16.5. The molecule has 1 saturated heterocycles. The number of nitrogens with one attached hydrogen (secondary N) is 1. The van der Waals surface area contributed by atoms with E-state index in [4.69, 9.17) is 4.74 Å². The summed E-state index contributed by atoms with van der Waals surface area (Å²) in [4.78, 5) is 37.6. The van der Waals surface area contributed by atoms with E-state index in [1.54, 1.807) is 31.2 Å². The number of carbonyl (C=O) groups excluding carboxylic acids is 3. The first-order valence-electron chi connectivity index (χ1n) is 8.16. The van der Waals surface area contributed by atoms with Crippen LogP contribution in [0.3, 0.4) is 0 Å². The Kier molecular flexibility index (Phi) is 6.54. The summed E-state index contributed by atoms with van der Waals surface area (Å²) in [5.41, 5.74) is 0.892. The fourth-order valence-electron chi connectivity index (χ4n) is 2.55. The molecule has 1 aliphatic rings. The molecule has 1 fully saturated rings. The summed E-state index contributed by atoms with van der Waals surface area (Å²) in [6.07, 6.45) is 5.31. The van der Waals surface area contributed by atoms with Crippen molar-refractivity contribution >= 4 is 23.5 Å². The van der Waals surface area contributed by atoms with Crippen LogP contribution in [-0.2, 0) is 14.3 Å². The molecule has 1 heterocycles. The number of hydrogen-bond acceptors (Lipinski definition) is 4. The fraction of sp³-hybridized carbons (Fsp3) is 0.389. The molecule has 0 atom stereocenters. The van der Waals surface area contributed by atoms with E-state index in [1.165, 1.54) is 0 Å². The zero-order valence-electron chi connectivity index (χ0n) is 13.8. The Morgan fingerprint density at radius 2 is 1.83 bits per heavy atom. The highest BCUT2D eigenvalue weighted by Crippen LogP contribution is 2.20. The van der Waals surface area contributed by atoms with E-state index in [0.29, 0.717) is 11.3 Å². The van der Waals surface area contributed by atoms with E-state index in [2.05, 4.69) is 5.32 Å². The van der Waals surface area contributed by atoms with E-state index in [1.807, 2.05) is 4.90 Å². The van der Waals surface area contributed by atoms with Crippen LogP contribution in [0.1, 0.15) is 36.5 Å². The van der Waals surface area contributed by atoms with Crippen LogP contribution in [0.15, 0.2) is 36.4 Å². The second kappa shape index (κ2) is 8.86. The average molecular weight is 330 g/mol. The first kappa shape index (κ1) is 17.7. The Morgan fingerprint density at radius 1 is 1.12 bits per heavy atom. The monoisotopic (exact) mass is 330 g/mol. The molecule has 1 aromatic carbocycles. The van der Waals surface area contributed by atoms with Crippen LogP contribution in [0.2, 0.25) is 0 Å². The first-order chi connectivity index (χ1) is 11.6. The minimum Gasteiger partial charge on any atom is -0.463 e. The third-order valence-corrected chi connectivity index (χ3v) is 3.72. The van der Waals surface area contributed by atoms with Crippen molar-refractivity contribution in [1.29, 1.82) is 0 Å². The van der Waals surface area contributed by atoms with E-state index in [0.717, 1.165) is 44.5 Å². The van der Waals surface area contributed by atoms with Crippen LogP contribution in [-0.4, -0.2) is 42.4 Å². The number of piperidine rings is 1. The van der Waals surface area contributed by atoms with Crippen LogP contribution in [0.4, 0.5) is 5.69 Å². The smallest absolute Gasteiger partial charge is 0.330 e. The standard InChI is InChI=1S/C18H22N2O4/c1-2-24-17(22)11-10-16(21)19-15-9-5-4-8-14(15)18(23)20-12-6-3-7-13-20/h4-5,8-11H,2-3,6-7,12-13H2,1H3,(H,19,21)/b11-10+. The molecule has 128 valence electrons. The molecule has 0 radical (unpaired) electrons. The van der Waals surface area contributed by atoms with Gasteiger partial charge in [0.1, 0.15) is 0 Å². The first-order valence-corrected chi connectivity index (χ1v) is 8.16. The Labute approximate surface area is 141 Å². The molecule has 1 N–H and O–H groups in total. The minimum atomic E-state index is -0.578. The van der Waals surface area contributed by atoms with Gasteiger partial charge in [0.05, 0.1) is 17.9 Å². The lowest BCUT2D eigenvalue weighted by Gasteiger charge is -2.27. The van der Waals surface area contributed by atoms with Gasteiger partial charge >= 0.3 is 5.97 Å². The van der Waals surface area contributed by atoms with Crippen LogP contribution >= 0.6 is 0 Å². The molecule has 6 nitrogen and oxygen atoms in total. The van der Waals surface area contributed by atoms with Crippen LogP contribution in [0.5, 0.6) is 0 Å². The van der Waals surface area contributed by atoms with Crippen molar-refractivity contribution in [3.8, 4) is 0 Å². The highest BCUT2D eigenvalue weighted by molar-refractivity contribution is 6.07. The lowest BCUT2D eigenvalue weighted by atomic mass is 10.1. The number of nitrogens with zero attached hydrogens (tertiary/aromatic N) is 1. The number of carbonyl (C=O) groups is 3. The second-order valence-electron chi connectivity index (χ2n) is 5.47. The number of benzene rings is 1. The van der Waals surface area contributed by atoms with Gasteiger partial charge in [-0.1, -0.05) is 12.1 Å². The maximum atomic E-state index is 12.6. The molecule has 6 heteroatoms. The van der Waals surface area contributed by atoms with Gasteiger partial charge in [-0.25, -0.2) is 4.79 Å². The lowest BCUT2D eigenvalue weighted by Crippen LogP contribution is -2.36. The van der Waals surface area contributed by atoms with Crippen molar-refractivity contribution in [3.05, 3.63) is 42.0 Å². The van der Waals surface area contributed by atoms with Gasteiger partial charge in [0.25, 0.3) is 5.91 Å². The molecule has 0 spiro atoms. The van der Waals surface area contributed by atoms with E-state index in [-0.39, 0.29) is 12.5 Å². The highest BCUT2D eigenvalue weighted by Gasteiger charge is 2.20. The molecule has 0 saturated carbocycles. The Morgan fingerprint density at radius 3 is 2.54 bits per heavy atom. The topological polar surface area (TPSA) is 75.7 Å². The number of esters is 1. The molecule has 24 heavy (non-hydrogen) atoms. The van der Waals surface area contributed by atoms with Gasteiger partial charge in [-0.2, -0.15) is 0 Å².